The van der Waals surface area contributed by atoms with Gasteiger partial charge in [0.1, 0.15) is 5.75 Å². The van der Waals surface area contributed by atoms with E-state index in [0.717, 1.165) is 12.8 Å². The second-order valence-electron chi connectivity index (χ2n) is 12.1. The Balaban J connectivity index is 1.98. The molecule has 2 aromatic carbocycles. The second-order valence-corrected chi connectivity index (χ2v) is 14.2. The second kappa shape index (κ2) is 16.5. The van der Waals surface area contributed by atoms with Crippen LogP contribution in [0.1, 0.15) is 64.2 Å². The minimum atomic E-state index is -3.98. The average molecular weight is 667 g/mol. The zero-order valence-corrected chi connectivity index (χ0v) is 28.5. The van der Waals surface area contributed by atoms with Gasteiger partial charge >= 0.3 is 6.03 Å². The van der Waals surface area contributed by atoms with E-state index in [1.807, 2.05) is 27.7 Å². The predicted molar refractivity (Wildman–Crippen MR) is 175 cm³/mol. The predicted octanol–water partition coefficient (Wildman–Crippen LogP) is 4.99. The Hall–Kier alpha value is -3.06. The lowest BCUT2D eigenvalue weighted by molar-refractivity contribution is -0.0122. The van der Waals surface area contributed by atoms with Gasteiger partial charge < -0.3 is 29.7 Å². The van der Waals surface area contributed by atoms with E-state index in [1.165, 1.54) is 30.3 Å². The Morgan fingerprint density at radius 3 is 2.47 bits per heavy atom. The third-order valence-electron chi connectivity index (χ3n) is 7.64. The zero-order valence-electron chi connectivity index (χ0n) is 27.0. The van der Waals surface area contributed by atoms with Crippen molar-refractivity contribution in [3.63, 3.8) is 0 Å². The van der Waals surface area contributed by atoms with Crippen LogP contribution in [0, 0.1) is 5.92 Å². The molecule has 1 heterocycles. The van der Waals surface area contributed by atoms with Crippen LogP contribution in [-0.4, -0.2) is 92.9 Å². The van der Waals surface area contributed by atoms with Crippen molar-refractivity contribution >= 4 is 39.2 Å². The molecule has 45 heavy (non-hydrogen) atoms. The number of hydrogen-bond donors (Lipinski definition) is 3. The van der Waals surface area contributed by atoms with Crippen LogP contribution in [0.3, 0.4) is 0 Å². The van der Waals surface area contributed by atoms with Crippen LogP contribution in [-0.2, 0) is 14.8 Å². The van der Waals surface area contributed by atoms with Gasteiger partial charge in [0.25, 0.3) is 15.9 Å². The van der Waals surface area contributed by atoms with Crippen molar-refractivity contribution < 1.29 is 32.6 Å². The number of aliphatic hydroxyl groups is 1. The number of nitrogens with one attached hydrogen (secondary N) is 2. The smallest absolute Gasteiger partial charge is 0.317 e. The third-order valence-corrected chi connectivity index (χ3v) is 9.29. The number of ether oxygens (including phenoxy) is 2. The number of amides is 3. The monoisotopic (exact) mass is 666 g/mol. The number of anilines is 1. The number of aliphatic hydroxyl groups excluding tert-OH is 1. The maximum atomic E-state index is 14.3. The van der Waals surface area contributed by atoms with Gasteiger partial charge in [-0.15, -0.1) is 0 Å². The highest BCUT2D eigenvalue weighted by molar-refractivity contribution is 7.92. The molecule has 250 valence electrons. The minimum absolute atomic E-state index is 0.0191. The fourth-order valence-electron chi connectivity index (χ4n) is 4.99. The fourth-order valence-corrected chi connectivity index (χ4v) is 6.16. The van der Waals surface area contributed by atoms with E-state index in [9.17, 15) is 23.1 Å². The lowest BCUT2D eigenvalue weighted by Gasteiger charge is -2.36. The van der Waals surface area contributed by atoms with Gasteiger partial charge in [0, 0.05) is 49.4 Å². The molecule has 0 fully saturated rings. The number of carbonyl (C=O) groups excluding carboxylic acids is 2. The molecule has 2 aromatic rings. The first-order valence-corrected chi connectivity index (χ1v) is 17.2. The lowest BCUT2D eigenvalue weighted by atomic mass is 10.0. The van der Waals surface area contributed by atoms with Gasteiger partial charge in [-0.2, -0.15) is 0 Å². The highest BCUT2D eigenvalue weighted by Gasteiger charge is 2.31. The van der Waals surface area contributed by atoms with Gasteiger partial charge in [-0.3, -0.25) is 9.52 Å². The first-order chi connectivity index (χ1) is 21.2. The Kier molecular flexibility index (Phi) is 13.3. The number of fused-ring (bicyclic) bond motifs is 1. The Labute approximate surface area is 272 Å². The van der Waals surface area contributed by atoms with Crippen LogP contribution in [0.5, 0.6) is 5.75 Å². The van der Waals surface area contributed by atoms with Crippen molar-refractivity contribution in [1.82, 2.24) is 15.1 Å². The molecule has 0 spiro atoms. The van der Waals surface area contributed by atoms with Crippen molar-refractivity contribution in [2.75, 3.05) is 38.1 Å². The summed E-state index contributed by atoms with van der Waals surface area (Å²) in [7, 11) is -2.27. The summed E-state index contributed by atoms with van der Waals surface area (Å²) in [6.45, 7) is 10.1. The standard InChI is InChI=1S/C32H47ClN4O7S/c1-21(2)34-32(40)36(6)19-30-22(3)18-37(23(4)20-38)31(39)28-17-26(35-45(41,42)27-13-10-25(33)11-14-27)12-15-29(28)44-24(5)9-7-8-16-43-30/h10-15,17,21-24,30,35,38H,7-9,16,18-20H2,1-6H3,(H,34,40)/t22-,23-,24-,30-/m1/s1. The number of benzene rings is 2. The summed E-state index contributed by atoms with van der Waals surface area (Å²) < 4.78 is 41.3. The van der Waals surface area contributed by atoms with Crippen molar-refractivity contribution in [2.45, 2.75) is 83.1 Å². The number of carbonyl (C=O) groups is 2. The zero-order chi connectivity index (χ0) is 33.3. The molecule has 0 aromatic heterocycles. The number of sulfonamides is 1. The first-order valence-electron chi connectivity index (χ1n) is 15.4. The Morgan fingerprint density at radius 1 is 1.13 bits per heavy atom. The van der Waals surface area contributed by atoms with Gasteiger partial charge in [0.05, 0.1) is 35.3 Å². The molecule has 11 nitrogen and oxygen atoms in total. The molecule has 0 saturated carbocycles. The van der Waals surface area contributed by atoms with E-state index in [0.29, 0.717) is 30.3 Å². The van der Waals surface area contributed by atoms with Crippen molar-refractivity contribution in [3.8, 4) is 5.75 Å². The van der Waals surface area contributed by atoms with E-state index in [-0.39, 0.29) is 59.5 Å². The van der Waals surface area contributed by atoms with Crippen molar-refractivity contribution in [1.29, 1.82) is 0 Å². The topological polar surface area (TPSA) is 138 Å². The molecule has 1 aliphatic rings. The third kappa shape index (κ3) is 10.5. The van der Waals surface area contributed by atoms with Crippen LogP contribution in [0.25, 0.3) is 0 Å². The summed E-state index contributed by atoms with van der Waals surface area (Å²) in [5.74, 6) is -0.338. The summed E-state index contributed by atoms with van der Waals surface area (Å²) in [6, 6.07) is 9.56. The van der Waals surface area contributed by atoms with Crippen molar-refractivity contribution in [3.05, 3.63) is 53.1 Å². The largest absolute Gasteiger partial charge is 0.490 e. The van der Waals surface area contributed by atoms with Gasteiger partial charge in [-0.05, 0) is 89.4 Å². The molecule has 0 radical (unpaired) electrons. The van der Waals surface area contributed by atoms with E-state index in [2.05, 4.69) is 10.0 Å². The highest BCUT2D eigenvalue weighted by atomic mass is 35.5. The Bertz CT molecular complexity index is 1390. The number of likely N-dealkylation sites (N-methyl/N-ethyl adjacent to an activating group) is 1. The number of halogens is 1. The lowest BCUT2D eigenvalue weighted by Crippen LogP contribution is -2.49. The van der Waals surface area contributed by atoms with Gasteiger partial charge in [0.15, 0.2) is 0 Å². The summed E-state index contributed by atoms with van der Waals surface area (Å²) in [5.41, 5.74) is 0.340. The first kappa shape index (κ1) is 36.4. The molecule has 0 unspecified atom stereocenters. The van der Waals surface area contributed by atoms with Gasteiger partial charge in [-0.1, -0.05) is 18.5 Å². The van der Waals surface area contributed by atoms with Crippen LogP contribution >= 0.6 is 11.6 Å². The number of rotatable bonds is 8. The molecular formula is C32H47ClN4O7S. The summed E-state index contributed by atoms with van der Waals surface area (Å²) in [4.78, 5) is 30.1. The Morgan fingerprint density at radius 2 is 1.82 bits per heavy atom. The molecule has 3 N–H and O–H groups in total. The molecule has 1 aliphatic heterocycles. The van der Waals surface area contributed by atoms with Gasteiger partial charge in [0.2, 0.25) is 0 Å². The maximum Gasteiger partial charge on any atom is 0.317 e. The molecule has 3 rings (SSSR count). The minimum Gasteiger partial charge on any atom is -0.490 e. The SMILES string of the molecule is CC(C)NC(=O)N(C)C[C@H]1OCCCC[C@@H](C)Oc2ccc(NS(=O)(=O)c3ccc(Cl)cc3)cc2C(=O)N([C@H](C)CO)C[C@H]1C. The summed E-state index contributed by atoms with van der Waals surface area (Å²) in [6.07, 6.45) is 1.69. The molecule has 0 saturated heterocycles. The quantitative estimate of drug-likeness (QED) is 0.361. The molecule has 13 heteroatoms. The van der Waals surface area contributed by atoms with E-state index < -0.39 is 22.0 Å². The van der Waals surface area contributed by atoms with Gasteiger partial charge in [-0.25, -0.2) is 13.2 Å². The van der Waals surface area contributed by atoms with E-state index in [4.69, 9.17) is 21.1 Å². The number of urea groups is 1. The number of hydrogen-bond acceptors (Lipinski definition) is 7. The average Bonchev–Trinajstić information content (AvgIpc) is 2.98. The van der Waals surface area contributed by atoms with Crippen LogP contribution in [0.2, 0.25) is 5.02 Å². The highest BCUT2D eigenvalue weighted by Crippen LogP contribution is 2.29. The van der Waals surface area contributed by atoms with Crippen LogP contribution in [0.15, 0.2) is 47.4 Å². The normalized spacial score (nSPS) is 20.9. The molecule has 4 atom stereocenters. The van der Waals surface area contributed by atoms with Crippen LogP contribution in [0.4, 0.5) is 10.5 Å². The molecule has 3 amide bonds. The maximum absolute atomic E-state index is 14.3. The molecular weight excluding hydrogens is 620 g/mol. The van der Waals surface area contributed by atoms with Crippen molar-refractivity contribution in [2.24, 2.45) is 5.92 Å². The van der Waals surface area contributed by atoms with Crippen LogP contribution < -0.4 is 14.8 Å². The van der Waals surface area contributed by atoms with E-state index in [1.54, 1.807) is 35.9 Å². The fraction of sp³-hybridized carbons (Fsp3) is 0.562. The molecule has 0 bridgehead atoms. The number of nitrogens with zero attached hydrogens (tertiary/aromatic N) is 2. The van der Waals surface area contributed by atoms with E-state index >= 15 is 0 Å². The summed E-state index contributed by atoms with van der Waals surface area (Å²) in [5, 5.41) is 13.4. The molecule has 0 aliphatic carbocycles. The summed E-state index contributed by atoms with van der Waals surface area (Å²) >= 11 is 5.93.